The topological polar surface area (TPSA) is 101 Å². The van der Waals surface area contributed by atoms with Crippen molar-refractivity contribution >= 4 is 51.9 Å². The summed E-state index contributed by atoms with van der Waals surface area (Å²) < 4.78 is 0.176. The van der Waals surface area contributed by atoms with Gasteiger partial charge in [-0.2, -0.15) is 0 Å². The van der Waals surface area contributed by atoms with Crippen LogP contribution in [-0.4, -0.2) is 37.2 Å². The molecule has 9 heteroatoms. The van der Waals surface area contributed by atoms with E-state index in [1.54, 1.807) is 6.07 Å². The lowest BCUT2D eigenvalue weighted by Gasteiger charge is -2.24. The summed E-state index contributed by atoms with van der Waals surface area (Å²) in [6.45, 7) is 3.74. The lowest BCUT2D eigenvalue weighted by molar-refractivity contribution is -0.384. The lowest BCUT2D eigenvalue weighted by atomic mass is 10.0. The van der Waals surface area contributed by atoms with E-state index in [1.807, 2.05) is 13.8 Å². The van der Waals surface area contributed by atoms with Crippen LogP contribution in [0.5, 0.6) is 0 Å². The normalized spacial score (nSPS) is 17.4. The second-order valence-corrected chi connectivity index (χ2v) is 7.56. The highest BCUT2D eigenvalue weighted by Crippen LogP contribution is 2.35. The molecule has 132 valence electrons. The Hall–Kier alpha value is -2.26. The standard InChI is InChI=1S/C16H16N2O5S2/c1-9(2)6-12(15(20)21)17-14(19)13(25-16(17)24)8-10-4-3-5-11(7-10)18(22)23/h3-5,7-9,12H,6H2,1-2H3,(H,20,21)/b13-8-. The Bertz CT molecular complexity index is 776. The minimum absolute atomic E-state index is 0.0755. The average Bonchev–Trinajstić information content (AvgIpc) is 2.79. The van der Waals surface area contributed by atoms with E-state index in [0.717, 1.165) is 16.7 Å². The van der Waals surface area contributed by atoms with Crippen LogP contribution < -0.4 is 0 Å². The molecule has 1 unspecified atom stereocenters. The van der Waals surface area contributed by atoms with Crippen molar-refractivity contribution in [3.05, 3.63) is 44.8 Å². The number of benzene rings is 1. The van der Waals surface area contributed by atoms with Crippen LogP contribution in [0.3, 0.4) is 0 Å². The van der Waals surface area contributed by atoms with Gasteiger partial charge in [-0.15, -0.1) is 0 Å². The summed E-state index contributed by atoms with van der Waals surface area (Å²) in [5.74, 6) is -1.53. The largest absolute Gasteiger partial charge is 0.480 e. The van der Waals surface area contributed by atoms with Crippen molar-refractivity contribution in [3.8, 4) is 0 Å². The number of carbonyl (C=O) groups is 2. The zero-order chi connectivity index (χ0) is 18.7. The summed E-state index contributed by atoms with van der Waals surface area (Å²) in [6.07, 6.45) is 1.77. The maximum absolute atomic E-state index is 12.6. The first-order valence-electron chi connectivity index (χ1n) is 7.45. The van der Waals surface area contributed by atoms with Crippen molar-refractivity contribution in [1.82, 2.24) is 4.90 Å². The van der Waals surface area contributed by atoms with Crippen LogP contribution in [0.25, 0.3) is 6.08 Å². The van der Waals surface area contributed by atoms with Crippen LogP contribution in [-0.2, 0) is 9.59 Å². The number of nitro groups is 1. The Balaban J connectivity index is 2.32. The van der Waals surface area contributed by atoms with Gasteiger partial charge >= 0.3 is 5.97 Å². The van der Waals surface area contributed by atoms with Crippen LogP contribution >= 0.6 is 24.0 Å². The summed E-state index contributed by atoms with van der Waals surface area (Å²) in [4.78, 5) is 35.8. The molecule has 0 spiro atoms. The van der Waals surface area contributed by atoms with Crippen LogP contribution in [0.15, 0.2) is 29.2 Å². The lowest BCUT2D eigenvalue weighted by Crippen LogP contribution is -2.44. The van der Waals surface area contributed by atoms with Crippen molar-refractivity contribution in [3.63, 3.8) is 0 Å². The molecule has 1 fully saturated rings. The third kappa shape index (κ3) is 4.43. The fraction of sp³-hybridized carbons (Fsp3) is 0.312. The summed E-state index contributed by atoms with van der Waals surface area (Å²) in [7, 11) is 0. The molecule has 0 radical (unpaired) electrons. The number of carboxylic acids is 1. The summed E-state index contributed by atoms with van der Waals surface area (Å²) in [6, 6.07) is 4.82. The number of rotatable bonds is 6. The summed E-state index contributed by atoms with van der Waals surface area (Å²) in [5.41, 5.74) is 0.387. The van der Waals surface area contributed by atoms with Gasteiger partial charge in [0.05, 0.1) is 9.83 Å². The first-order chi connectivity index (χ1) is 11.7. The predicted octanol–water partition coefficient (Wildman–Crippen LogP) is 3.30. The predicted molar refractivity (Wildman–Crippen MR) is 99.0 cm³/mol. The van der Waals surface area contributed by atoms with Crippen molar-refractivity contribution in [2.75, 3.05) is 0 Å². The first kappa shape index (κ1) is 19.1. The molecule has 0 bridgehead atoms. The second kappa shape index (κ2) is 7.75. The quantitative estimate of drug-likeness (QED) is 0.350. The first-order valence-corrected chi connectivity index (χ1v) is 8.67. The number of aliphatic carboxylic acids is 1. The smallest absolute Gasteiger partial charge is 0.326 e. The molecular formula is C16H16N2O5S2. The molecule has 7 nitrogen and oxygen atoms in total. The van der Waals surface area contributed by atoms with Crippen molar-refractivity contribution in [2.45, 2.75) is 26.3 Å². The molecule has 1 N–H and O–H groups in total. The Labute approximate surface area is 153 Å². The number of hydrogen-bond donors (Lipinski definition) is 1. The molecule has 1 heterocycles. The highest BCUT2D eigenvalue weighted by Gasteiger charge is 2.40. The van der Waals surface area contributed by atoms with E-state index < -0.39 is 22.8 Å². The molecule has 1 aromatic rings. The van der Waals surface area contributed by atoms with E-state index in [9.17, 15) is 24.8 Å². The third-order valence-electron chi connectivity index (χ3n) is 3.49. The number of thiocarbonyl (C=S) groups is 1. The molecule has 1 aliphatic rings. The van der Waals surface area contributed by atoms with Gasteiger partial charge in [0.15, 0.2) is 0 Å². The Morgan fingerprint density at radius 2 is 2.16 bits per heavy atom. The fourth-order valence-electron chi connectivity index (χ4n) is 2.39. The van der Waals surface area contributed by atoms with Crippen LogP contribution in [0.2, 0.25) is 0 Å². The monoisotopic (exact) mass is 380 g/mol. The number of thioether (sulfide) groups is 1. The number of carbonyl (C=O) groups excluding carboxylic acids is 1. The molecule has 1 aromatic carbocycles. The maximum Gasteiger partial charge on any atom is 0.326 e. The Morgan fingerprint density at radius 1 is 1.48 bits per heavy atom. The van der Waals surface area contributed by atoms with Crippen LogP contribution in [0.1, 0.15) is 25.8 Å². The molecule has 0 saturated carbocycles. The molecule has 1 aliphatic heterocycles. The SMILES string of the molecule is CC(C)CC(C(=O)O)N1C(=O)/C(=C/c2cccc([N+](=O)[O-])c2)SC1=S. The van der Waals surface area contributed by atoms with Gasteiger partial charge in [0.1, 0.15) is 10.4 Å². The third-order valence-corrected chi connectivity index (χ3v) is 4.82. The molecule has 0 aliphatic carbocycles. The van der Waals surface area contributed by atoms with Gasteiger partial charge in [-0.05, 0) is 24.0 Å². The highest BCUT2D eigenvalue weighted by molar-refractivity contribution is 8.26. The number of hydrogen-bond acceptors (Lipinski definition) is 6. The number of amides is 1. The maximum atomic E-state index is 12.6. The van der Waals surface area contributed by atoms with Gasteiger partial charge < -0.3 is 5.11 Å². The highest BCUT2D eigenvalue weighted by atomic mass is 32.2. The molecule has 0 aromatic heterocycles. The summed E-state index contributed by atoms with van der Waals surface area (Å²) >= 11 is 6.18. The minimum Gasteiger partial charge on any atom is -0.480 e. The van der Waals surface area contributed by atoms with Crippen LogP contribution in [0.4, 0.5) is 5.69 Å². The van der Waals surface area contributed by atoms with E-state index in [4.69, 9.17) is 12.2 Å². The fourth-order valence-corrected chi connectivity index (χ4v) is 3.75. The second-order valence-electron chi connectivity index (χ2n) is 5.89. The van der Waals surface area contributed by atoms with E-state index in [0.29, 0.717) is 5.56 Å². The molecule has 1 amide bonds. The Kier molecular flexibility index (Phi) is 5.91. The summed E-state index contributed by atoms with van der Waals surface area (Å²) in [5, 5.41) is 20.3. The van der Waals surface area contributed by atoms with E-state index in [2.05, 4.69) is 0 Å². The van der Waals surface area contributed by atoms with Gasteiger partial charge in [0.25, 0.3) is 11.6 Å². The van der Waals surface area contributed by atoms with Crippen molar-refractivity contribution < 1.29 is 19.6 Å². The molecular weight excluding hydrogens is 364 g/mol. The van der Waals surface area contributed by atoms with Crippen molar-refractivity contribution in [1.29, 1.82) is 0 Å². The number of nitro benzene ring substituents is 1. The molecule has 1 atom stereocenters. The molecule has 2 rings (SSSR count). The van der Waals surface area contributed by atoms with E-state index in [1.165, 1.54) is 24.3 Å². The van der Waals surface area contributed by atoms with Crippen LogP contribution in [0, 0.1) is 16.0 Å². The number of non-ortho nitro benzene ring substituents is 1. The van der Waals surface area contributed by atoms with Gasteiger partial charge in [0.2, 0.25) is 0 Å². The average molecular weight is 380 g/mol. The minimum atomic E-state index is -1.11. The van der Waals surface area contributed by atoms with Crippen molar-refractivity contribution in [2.24, 2.45) is 5.92 Å². The van der Waals surface area contributed by atoms with E-state index >= 15 is 0 Å². The molecule has 1 saturated heterocycles. The van der Waals surface area contributed by atoms with Gasteiger partial charge in [-0.3, -0.25) is 19.8 Å². The number of nitrogens with zero attached hydrogens (tertiary/aromatic N) is 2. The van der Waals surface area contributed by atoms with Gasteiger partial charge in [0, 0.05) is 12.1 Å². The zero-order valence-corrected chi connectivity index (χ0v) is 15.2. The molecule has 25 heavy (non-hydrogen) atoms. The zero-order valence-electron chi connectivity index (χ0n) is 13.5. The number of carboxylic acid groups (broad SMARTS) is 1. The van der Waals surface area contributed by atoms with E-state index in [-0.39, 0.29) is 27.3 Å². The van der Waals surface area contributed by atoms with Gasteiger partial charge in [-0.25, -0.2) is 4.79 Å². The van der Waals surface area contributed by atoms with Gasteiger partial charge in [-0.1, -0.05) is 50.0 Å². The Morgan fingerprint density at radius 3 is 2.72 bits per heavy atom.